The van der Waals surface area contributed by atoms with Gasteiger partial charge in [-0.15, -0.1) is 0 Å². The van der Waals surface area contributed by atoms with E-state index in [1.54, 1.807) is 24.3 Å². The van der Waals surface area contributed by atoms with Crippen molar-refractivity contribution in [2.24, 2.45) is 5.10 Å². The first kappa shape index (κ1) is 24.7. The monoisotopic (exact) mass is 535 g/mol. The molecule has 0 amide bonds. The highest BCUT2D eigenvalue weighted by Crippen LogP contribution is 2.36. The third kappa shape index (κ3) is 5.72. The predicted molar refractivity (Wildman–Crippen MR) is 131 cm³/mol. The number of aromatic nitrogens is 2. The molecule has 0 radical (unpaired) electrons. The maximum atomic E-state index is 13.2. The Morgan fingerprint density at radius 3 is 2.70 bits per heavy atom. The number of rotatable bonds is 8. The molecule has 0 aliphatic rings. The molecule has 1 heterocycles. The number of halogens is 2. The second kappa shape index (κ2) is 10.8. The molecule has 0 bridgehead atoms. The average molecular weight is 537 g/mol. The van der Waals surface area contributed by atoms with Crippen LogP contribution in [-0.4, -0.2) is 42.2 Å². The zero-order valence-electron chi connectivity index (χ0n) is 18.6. The Labute approximate surface area is 204 Å². The van der Waals surface area contributed by atoms with Gasteiger partial charge in [-0.25, -0.2) is 9.78 Å². The van der Waals surface area contributed by atoms with Gasteiger partial charge in [0.15, 0.2) is 18.1 Å². The van der Waals surface area contributed by atoms with E-state index in [4.69, 9.17) is 21.1 Å². The van der Waals surface area contributed by atoms with E-state index < -0.39 is 5.97 Å². The number of carbonyl (C=O) groups excluding carboxylic acids is 1. The summed E-state index contributed by atoms with van der Waals surface area (Å²) in [5.41, 5.74) is 0.896. The Kier molecular flexibility index (Phi) is 8.10. The summed E-state index contributed by atoms with van der Waals surface area (Å²) in [6.07, 6.45) is 1.50. The van der Waals surface area contributed by atoms with E-state index in [9.17, 15) is 9.59 Å². The first-order chi connectivity index (χ1) is 15.7. The van der Waals surface area contributed by atoms with Crippen LogP contribution in [0.25, 0.3) is 10.9 Å². The molecule has 0 atom stereocenters. The van der Waals surface area contributed by atoms with Gasteiger partial charge in [0.2, 0.25) is 0 Å². The molecule has 0 aliphatic heterocycles. The van der Waals surface area contributed by atoms with E-state index in [1.807, 2.05) is 26.8 Å². The van der Waals surface area contributed by atoms with Crippen LogP contribution in [0.15, 0.2) is 44.7 Å². The lowest BCUT2D eigenvalue weighted by atomic mass is 10.2. The van der Waals surface area contributed by atoms with Crippen molar-refractivity contribution in [3.8, 4) is 11.5 Å². The molecule has 0 aliphatic carbocycles. The first-order valence-corrected chi connectivity index (χ1v) is 11.3. The summed E-state index contributed by atoms with van der Waals surface area (Å²) in [5, 5.41) is 5.08. The molecule has 0 N–H and O–H groups in total. The smallest absolute Gasteiger partial charge is 0.343 e. The molecule has 10 heteroatoms. The highest BCUT2D eigenvalue weighted by Gasteiger charge is 2.16. The minimum Gasteiger partial charge on any atom is -0.490 e. The van der Waals surface area contributed by atoms with E-state index >= 15 is 0 Å². The molecule has 33 heavy (non-hydrogen) atoms. The van der Waals surface area contributed by atoms with Crippen LogP contribution in [0.4, 0.5) is 0 Å². The quantitative estimate of drug-likeness (QED) is 0.304. The molecular weight excluding hydrogens is 514 g/mol. The zero-order chi connectivity index (χ0) is 24.1. The van der Waals surface area contributed by atoms with Crippen molar-refractivity contribution in [3.05, 3.63) is 61.6 Å². The molecular formula is C23H23BrClN3O5. The molecule has 0 saturated heterocycles. The third-order valence-corrected chi connectivity index (χ3v) is 5.34. The number of benzene rings is 2. The topological polar surface area (TPSA) is 92.0 Å². The second-order valence-corrected chi connectivity index (χ2v) is 8.60. The summed E-state index contributed by atoms with van der Waals surface area (Å²) in [4.78, 5) is 29.2. The Bertz CT molecular complexity index is 1270. The Morgan fingerprint density at radius 2 is 2.03 bits per heavy atom. The van der Waals surface area contributed by atoms with Crippen LogP contribution in [-0.2, 0) is 9.53 Å². The van der Waals surface area contributed by atoms with Crippen LogP contribution in [0.3, 0.4) is 0 Å². The fraction of sp³-hybridized carbons (Fsp3) is 0.304. The van der Waals surface area contributed by atoms with Gasteiger partial charge in [-0.3, -0.25) is 4.79 Å². The Hall–Kier alpha value is -2.91. The van der Waals surface area contributed by atoms with Gasteiger partial charge in [-0.1, -0.05) is 41.4 Å². The molecule has 2 aromatic carbocycles. The van der Waals surface area contributed by atoms with Crippen molar-refractivity contribution in [2.75, 3.05) is 20.3 Å². The standard InChI is InChI=1S/C23H23BrClN3O5/c1-5-32-19-9-14(8-17(25)21(19)33-12-20(29)31-4)11-26-28-22(13(2)3)27-18-7-6-15(24)10-16(18)23(28)30/h6-11,13H,5,12H2,1-4H3. The van der Waals surface area contributed by atoms with E-state index in [2.05, 4.69) is 30.8 Å². The number of methoxy groups -OCH3 is 1. The molecule has 8 nitrogen and oxygen atoms in total. The van der Waals surface area contributed by atoms with E-state index in [1.165, 1.54) is 18.0 Å². The molecule has 1 aromatic heterocycles. The van der Waals surface area contributed by atoms with Crippen molar-refractivity contribution < 1.29 is 19.0 Å². The minimum absolute atomic E-state index is 0.0421. The van der Waals surface area contributed by atoms with E-state index in [0.717, 1.165) is 4.47 Å². The van der Waals surface area contributed by atoms with Crippen LogP contribution < -0.4 is 15.0 Å². The van der Waals surface area contributed by atoms with Gasteiger partial charge < -0.3 is 14.2 Å². The fourth-order valence-corrected chi connectivity index (χ4v) is 3.67. The van der Waals surface area contributed by atoms with Gasteiger partial charge in [0, 0.05) is 10.4 Å². The summed E-state index contributed by atoms with van der Waals surface area (Å²) in [6.45, 7) is 5.74. The highest BCUT2D eigenvalue weighted by molar-refractivity contribution is 9.10. The van der Waals surface area contributed by atoms with Crippen LogP contribution >= 0.6 is 27.5 Å². The molecule has 3 rings (SSSR count). The summed E-state index contributed by atoms with van der Waals surface area (Å²) in [6, 6.07) is 8.62. The first-order valence-electron chi connectivity index (χ1n) is 10.2. The largest absolute Gasteiger partial charge is 0.490 e. The van der Waals surface area contributed by atoms with Crippen molar-refractivity contribution in [1.82, 2.24) is 9.66 Å². The highest BCUT2D eigenvalue weighted by atomic mass is 79.9. The number of carbonyl (C=O) groups is 1. The molecule has 0 saturated carbocycles. The molecule has 0 fully saturated rings. The van der Waals surface area contributed by atoms with Gasteiger partial charge in [0.05, 0.1) is 35.9 Å². The molecule has 3 aromatic rings. The molecule has 174 valence electrons. The molecule has 0 spiro atoms. The van der Waals surface area contributed by atoms with Crippen molar-refractivity contribution in [1.29, 1.82) is 0 Å². The minimum atomic E-state index is -0.546. The van der Waals surface area contributed by atoms with Gasteiger partial charge in [-0.2, -0.15) is 9.78 Å². The Morgan fingerprint density at radius 1 is 1.27 bits per heavy atom. The van der Waals surface area contributed by atoms with Crippen LogP contribution in [0.5, 0.6) is 11.5 Å². The lowest BCUT2D eigenvalue weighted by molar-refractivity contribution is -0.142. The normalized spacial score (nSPS) is 11.4. The maximum absolute atomic E-state index is 13.2. The third-order valence-electron chi connectivity index (χ3n) is 4.57. The summed E-state index contributed by atoms with van der Waals surface area (Å²) in [5.74, 6) is 0.501. The number of ether oxygens (including phenoxy) is 3. The number of nitrogens with zero attached hydrogens (tertiary/aromatic N) is 3. The summed E-state index contributed by atoms with van der Waals surface area (Å²) in [7, 11) is 1.27. The van der Waals surface area contributed by atoms with Crippen molar-refractivity contribution >= 4 is 50.6 Å². The van der Waals surface area contributed by atoms with Crippen molar-refractivity contribution in [2.45, 2.75) is 26.7 Å². The van der Waals surface area contributed by atoms with E-state index in [-0.39, 0.29) is 28.9 Å². The lowest BCUT2D eigenvalue weighted by Gasteiger charge is -2.14. The van der Waals surface area contributed by atoms with E-state index in [0.29, 0.717) is 34.6 Å². The van der Waals surface area contributed by atoms with Gasteiger partial charge >= 0.3 is 5.97 Å². The number of esters is 1. The summed E-state index contributed by atoms with van der Waals surface area (Å²) < 4.78 is 17.8. The predicted octanol–water partition coefficient (Wildman–Crippen LogP) is 4.77. The summed E-state index contributed by atoms with van der Waals surface area (Å²) >= 11 is 9.78. The number of hydrogen-bond acceptors (Lipinski definition) is 7. The zero-order valence-corrected chi connectivity index (χ0v) is 20.9. The SMILES string of the molecule is CCOc1cc(C=Nn2c(C(C)C)nc3ccc(Br)cc3c2=O)cc(Cl)c1OCC(=O)OC. The van der Waals surface area contributed by atoms with Crippen LogP contribution in [0, 0.1) is 0 Å². The van der Waals surface area contributed by atoms with Gasteiger partial charge in [0.1, 0.15) is 5.82 Å². The van der Waals surface area contributed by atoms with Crippen LogP contribution in [0.1, 0.15) is 38.1 Å². The second-order valence-electron chi connectivity index (χ2n) is 7.28. The van der Waals surface area contributed by atoms with Crippen LogP contribution in [0.2, 0.25) is 5.02 Å². The fourth-order valence-electron chi connectivity index (χ4n) is 3.03. The Balaban J connectivity index is 2.05. The average Bonchev–Trinajstić information content (AvgIpc) is 2.78. The van der Waals surface area contributed by atoms with Crippen molar-refractivity contribution in [3.63, 3.8) is 0 Å². The number of hydrogen-bond donors (Lipinski definition) is 0. The number of fused-ring (bicyclic) bond motifs is 1. The van der Waals surface area contributed by atoms with Gasteiger partial charge in [0.25, 0.3) is 5.56 Å². The molecule has 0 unspecified atom stereocenters. The lowest BCUT2D eigenvalue weighted by Crippen LogP contribution is -2.23. The maximum Gasteiger partial charge on any atom is 0.343 e. The van der Waals surface area contributed by atoms with Gasteiger partial charge in [-0.05, 0) is 42.8 Å².